The lowest BCUT2D eigenvalue weighted by Gasteiger charge is -2.10. The molecule has 0 aliphatic rings. The largest absolute Gasteiger partial charge is 0.481 e. The molecule has 1 atom stereocenters. The van der Waals surface area contributed by atoms with Crippen LogP contribution in [0.1, 0.15) is 22.6 Å². The first-order valence-corrected chi connectivity index (χ1v) is 8.44. The van der Waals surface area contributed by atoms with Crippen molar-refractivity contribution in [1.29, 1.82) is 0 Å². The van der Waals surface area contributed by atoms with Gasteiger partial charge in [0.1, 0.15) is 6.10 Å². The van der Waals surface area contributed by atoms with Gasteiger partial charge in [-0.25, -0.2) is 4.98 Å². The fourth-order valence-electron chi connectivity index (χ4n) is 2.16. The lowest BCUT2D eigenvalue weighted by Crippen LogP contribution is -2.21. The van der Waals surface area contributed by atoms with Crippen molar-refractivity contribution in [3.8, 4) is 41.8 Å². The first kappa shape index (κ1) is 23.2. The van der Waals surface area contributed by atoms with E-state index in [0.717, 1.165) is 0 Å². The highest BCUT2D eigenvalue weighted by Gasteiger charge is 2.11. The van der Waals surface area contributed by atoms with E-state index in [4.69, 9.17) is 10.5 Å². The Kier molecular flexibility index (Phi) is 9.39. The maximum absolute atomic E-state index is 11.4. The number of aromatic nitrogens is 2. The number of rotatable bonds is 7. The number of carbonyl (C=O) groups is 2. The van der Waals surface area contributed by atoms with Gasteiger partial charge in [0.2, 0.25) is 18.1 Å². The van der Waals surface area contributed by atoms with E-state index in [0.29, 0.717) is 36.2 Å². The van der Waals surface area contributed by atoms with Gasteiger partial charge in [-0.2, -0.15) is 4.98 Å². The molecule has 0 radical (unpaired) electrons. The van der Waals surface area contributed by atoms with Gasteiger partial charge in [0.05, 0.1) is 12.8 Å². The zero-order valence-corrected chi connectivity index (χ0v) is 16.2. The van der Waals surface area contributed by atoms with Crippen LogP contribution in [0, 0.1) is 24.7 Å². The first-order chi connectivity index (χ1) is 13.9. The third-order valence-electron chi connectivity index (χ3n) is 3.61. The average molecular weight is 394 g/mol. The zero-order chi connectivity index (χ0) is 21.8. The summed E-state index contributed by atoms with van der Waals surface area (Å²) >= 11 is 0. The van der Waals surface area contributed by atoms with Gasteiger partial charge in [-0.05, 0) is 12.1 Å². The molecule has 0 unspecified atom stereocenters. The second kappa shape index (κ2) is 11.8. The summed E-state index contributed by atoms with van der Waals surface area (Å²) in [6.45, 7) is 0.413. The monoisotopic (exact) mass is 394 g/mol. The molecule has 2 amide bonds. The van der Waals surface area contributed by atoms with E-state index in [1.807, 2.05) is 0 Å². The van der Waals surface area contributed by atoms with E-state index in [1.54, 1.807) is 37.4 Å². The van der Waals surface area contributed by atoms with Crippen molar-refractivity contribution in [2.75, 3.05) is 20.7 Å². The van der Waals surface area contributed by atoms with E-state index >= 15 is 0 Å². The third kappa shape index (κ3) is 7.33. The molecule has 29 heavy (non-hydrogen) atoms. The van der Waals surface area contributed by atoms with Crippen LogP contribution in [-0.4, -0.2) is 59.1 Å². The Labute approximate surface area is 169 Å². The minimum Gasteiger partial charge on any atom is -0.481 e. The molecular formula is C21H22N4O4. The van der Waals surface area contributed by atoms with Crippen molar-refractivity contribution in [3.63, 3.8) is 0 Å². The minimum absolute atomic E-state index is 0.143. The van der Waals surface area contributed by atoms with Gasteiger partial charge in [0.25, 0.3) is 5.91 Å². The van der Waals surface area contributed by atoms with Crippen molar-refractivity contribution >= 4 is 12.3 Å². The van der Waals surface area contributed by atoms with Gasteiger partial charge in [-0.1, -0.05) is 24.0 Å². The van der Waals surface area contributed by atoms with Crippen LogP contribution < -0.4 is 10.5 Å². The predicted molar refractivity (Wildman–Crippen MR) is 109 cm³/mol. The fourth-order valence-corrected chi connectivity index (χ4v) is 2.16. The second-order valence-electron chi connectivity index (χ2n) is 5.72. The number of ether oxygens (including phenoxy) is 1. The maximum Gasteiger partial charge on any atom is 0.286 e. The Bertz CT molecular complexity index is 931. The van der Waals surface area contributed by atoms with Crippen molar-refractivity contribution < 1.29 is 19.4 Å². The van der Waals surface area contributed by atoms with Gasteiger partial charge in [0.15, 0.2) is 0 Å². The summed E-state index contributed by atoms with van der Waals surface area (Å²) in [7, 11) is 3.06. The SMILES string of the molecule is C#C.COc1cc(-c2cccc(C#C[C@H](O)CCN(C)C=O)c2)nc(C(N)=O)n1. The molecule has 8 heteroatoms. The molecule has 1 aromatic carbocycles. The summed E-state index contributed by atoms with van der Waals surface area (Å²) in [5, 5.41) is 9.90. The van der Waals surface area contributed by atoms with Gasteiger partial charge >= 0.3 is 0 Å². The molecule has 0 spiro atoms. The van der Waals surface area contributed by atoms with E-state index in [-0.39, 0.29) is 11.7 Å². The van der Waals surface area contributed by atoms with Gasteiger partial charge < -0.3 is 20.5 Å². The normalized spacial score (nSPS) is 10.4. The third-order valence-corrected chi connectivity index (χ3v) is 3.61. The van der Waals surface area contributed by atoms with Crippen molar-refractivity contribution in [1.82, 2.24) is 14.9 Å². The number of aliphatic hydroxyl groups excluding tert-OH is 1. The number of terminal acetylenes is 1. The van der Waals surface area contributed by atoms with E-state index < -0.39 is 12.0 Å². The standard InChI is InChI=1S/C19H20N4O4.C2H2/c1-23(12-24)9-8-15(25)7-6-13-4-3-5-14(10-13)16-11-17(27-2)22-19(21-16)18(20)26;1-2/h3-5,10-12,15,25H,8-9H2,1-2H3,(H2,20,26);1-2H/t15-;/m0./s1. The summed E-state index contributed by atoms with van der Waals surface area (Å²) in [6, 6.07) is 8.72. The van der Waals surface area contributed by atoms with Crippen molar-refractivity contribution in [2.45, 2.75) is 12.5 Å². The number of hydrogen-bond acceptors (Lipinski definition) is 6. The summed E-state index contributed by atoms with van der Waals surface area (Å²) in [4.78, 5) is 31.4. The second-order valence-corrected chi connectivity index (χ2v) is 5.72. The molecule has 0 fully saturated rings. The highest BCUT2D eigenvalue weighted by Crippen LogP contribution is 2.21. The number of hydrogen-bond donors (Lipinski definition) is 2. The van der Waals surface area contributed by atoms with Crippen LogP contribution in [0.25, 0.3) is 11.3 Å². The molecule has 0 bridgehead atoms. The summed E-state index contributed by atoms with van der Waals surface area (Å²) < 4.78 is 5.08. The smallest absolute Gasteiger partial charge is 0.286 e. The summed E-state index contributed by atoms with van der Waals surface area (Å²) in [5.41, 5.74) is 7.08. The maximum atomic E-state index is 11.4. The highest BCUT2D eigenvalue weighted by atomic mass is 16.5. The number of primary amides is 1. The Morgan fingerprint density at radius 2 is 2.10 bits per heavy atom. The molecule has 0 saturated carbocycles. The van der Waals surface area contributed by atoms with Crippen LogP contribution in [0.15, 0.2) is 30.3 Å². The van der Waals surface area contributed by atoms with Crippen LogP contribution in [0.3, 0.4) is 0 Å². The Morgan fingerprint density at radius 3 is 2.72 bits per heavy atom. The molecule has 1 aromatic heterocycles. The minimum atomic E-state index is -0.850. The number of amides is 2. The first-order valence-electron chi connectivity index (χ1n) is 8.44. The molecule has 150 valence electrons. The molecule has 0 aliphatic heterocycles. The quantitative estimate of drug-likeness (QED) is 0.527. The molecule has 1 heterocycles. The predicted octanol–water partition coefficient (Wildman–Crippen LogP) is 0.691. The summed E-state index contributed by atoms with van der Waals surface area (Å²) in [5.74, 6) is 4.95. The van der Waals surface area contributed by atoms with Crippen LogP contribution in [-0.2, 0) is 4.79 Å². The number of carbonyl (C=O) groups excluding carboxylic acids is 2. The van der Waals surface area contributed by atoms with E-state index in [1.165, 1.54) is 12.0 Å². The van der Waals surface area contributed by atoms with Crippen LogP contribution in [0.4, 0.5) is 0 Å². The van der Waals surface area contributed by atoms with E-state index in [9.17, 15) is 14.7 Å². The highest BCUT2D eigenvalue weighted by molar-refractivity contribution is 5.89. The number of benzene rings is 1. The lowest BCUT2D eigenvalue weighted by molar-refractivity contribution is -0.117. The summed E-state index contributed by atoms with van der Waals surface area (Å²) in [6.07, 6.45) is 8.20. The van der Waals surface area contributed by atoms with Crippen LogP contribution in [0.2, 0.25) is 0 Å². The zero-order valence-electron chi connectivity index (χ0n) is 16.2. The van der Waals surface area contributed by atoms with Gasteiger partial charge in [-0.3, -0.25) is 9.59 Å². The van der Waals surface area contributed by atoms with Gasteiger partial charge in [-0.15, -0.1) is 12.8 Å². The fraction of sp³-hybridized carbons (Fsp3) is 0.238. The Balaban J connectivity index is 0.00000204. The number of methoxy groups -OCH3 is 1. The molecule has 0 saturated heterocycles. The van der Waals surface area contributed by atoms with Crippen LogP contribution in [0.5, 0.6) is 5.88 Å². The average Bonchev–Trinajstić information content (AvgIpc) is 2.77. The lowest BCUT2D eigenvalue weighted by atomic mass is 10.1. The van der Waals surface area contributed by atoms with Crippen LogP contribution >= 0.6 is 0 Å². The molecule has 2 aromatic rings. The Morgan fingerprint density at radius 1 is 1.38 bits per heavy atom. The van der Waals surface area contributed by atoms with E-state index in [2.05, 4.69) is 34.7 Å². The van der Waals surface area contributed by atoms with Gasteiger partial charge in [0, 0.05) is 37.2 Å². The molecule has 2 rings (SSSR count). The molecule has 3 N–H and O–H groups in total. The molecule has 0 aliphatic carbocycles. The number of aliphatic hydroxyl groups is 1. The number of nitrogens with zero attached hydrogens (tertiary/aromatic N) is 3. The molecular weight excluding hydrogens is 372 g/mol. The Hall–Kier alpha value is -3.88. The molecule has 8 nitrogen and oxygen atoms in total. The topological polar surface area (TPSA) is 119 Å². The van der Waals surface area contributed by atoms with Crippen molar-refractivity contribution in [2.24, 2.45) is 5.73 Å². The van der Waals surface area contributed by atoms with Crippen molar-refractivity contribution in [3.05, 3.63) is 41.7 Å². The number of nitrogens with two attached hydrogens (primary N) is 1.